The van der Waals surface area contributed by atoms with Crippen molar-refractivity contribution in [1.29, 1.82) is 0 Å². The summed E-state index contributed by atoms with van der Waals surface area (Å²) in [7, 11) is 0. The van der Waals surface area contributed by atoms with Crippen molar-refractivity contribution < 1.29 is 14.7 Å². The lowest BCUT2D eigenvalue weighted by Gasteiger charge is -2.10. The minimum absolute atomic E-state index is 0.104. The van der Waals surface area contributed by atoms with Gasteiger partial charge in [-0.25, -0.2) is 0 Å². The molecule has 2 N–H and O–H groups in total. The molecule has 0 radical (unpaired) electrons. The van der Waals surface area contributed by atoms with E-state index < -0.39 is 11.9 Å². The van der Waals surface area contributed by atoms with Crippen molar-refractivity contribution in [3.8, 4) is 0 Å². The van der Waals surface area contributed by atoms with E-state index in [1.807, 2.05) is 6.92 Å². The fourth-order valence-electron chi connectivity index (χ4n) is 2.95. The van der Waals surface area contributed by atoms with E-state index in [9.17, 15) is 9.59 Å². The summed E-state index contributed by atoms with van der Waals surface area (Å²) >= 11 is 12.5. The molecule has 10 heteroatoms. The van der Waals surface area contributed by atoms with E-state index in [1.54, 1.807) is 29.8 Å². The van der Waals surface area contributed by atoms with Gasteiger partial charge >= 0.3 is 5.97 Å². The van der Waals surface area contributed by atoms with E-state index in [-0.39, 0.29) is 18.7 Å². The maximum atomic E-state index is 12.7. The van der Waals surface area contributed by atoms with Crippen LogP contribution in [0.15, 0.2) is 30.5 Å². The van der Waals surface area contributed by atoms with Gasteiger partial charge in [-0.05, 0) is 32.0 Å². The monoisotopic (exact) mass is 435 g/mol. The third-order valence-corrected chi connectivity index (χ3v) is 5.18. The zero-order valence-electron chi connectivity index (χ0n) is 15.8. The van der Waals surface area contributed by atoms with Gasteiger partial charge in [-0.15, -0.1) is 0 Å². The zero-order valence-corrected chi connectivity index (χ0v) is 17.3. The summed E-state index contributed by atoms with van der Waals surface area (Å²) in [6, 6.07) is 6.83. The summed E-state index contributed by atoms with van der Waals surface area (Å²) in [6.07, 6.45) is 1.33. The minimum Gasteiger partial charge on any atom is -0.481 e. The number of rotatable bonds is 7. The Morgan fingerprint density at radius 1 is 1.14 bits per heavy atom. The largest absolute Gasteiger partial charge is 0.481 e. The Balaban J connectivity index is 1.82. The number of carbonyl (C=O) groups excluding carboxylic acids is 1. The number of benzene rings is 1. The van der Waals surface area contributed by atoms with Crippen LogP contribution < -0.4 is 5.32 Å². The van der Waals surface area contributed by atoms with E-state index in [0.29, 0.717) is 28.0 Å². The Morgan fingerprint density at radius 3 is 2.48 bits per heavy atom. The summed E-state index contributed by atoms with van der Waals surface area (Å²) in [6.45, 7) is 4.09. The van der Waals surface area contributed by atoms with Gasteiger partial charge in [-0.2, -0.15) is 10.2 Å². The van der Waals surface area contributed by atoms with Crippen molar-refractivity contribution in [2.75, 3.05) is 5.32 Å². The molecular formula is C19H19Cl2N5O3. The molecule has 0 saturated heterocycles. The summed E-state index contributed by atoms with van der Waals surface area (Å²) in [4.78, 5) is 23.5. The third kappa shape index (κ3) is 4.60. The highest BCUT2D eigenvalue weighted by Crippen LogP contribution is 2.27. The van der Waals surface area contributed by atoms with Crippen molar-refractivity contribution in [2.24, 2.45) is 0 Å². The second kappa shape index (κ2) is 8.67. The molecule has 0 aliphatic heterocycles. The Hall–Kier alpha value is -2.84. The van der Waals surface area contributed by atoms with Crippen molar-refractivity contribution in [3.63, 3.8) is 0 Å². The molecule has 0 saturated carbocycles. The van der Waals surface area contributed by atoms with Gasteiger partial charge in [-0.3, -0.25) is 19.0 Å². The van der Waals surface area contributed by atoms with Gasteiger partial charge in [0.2, 0.25) is 0 Å². The topological polar surface area (TPSA) is 102 Å². The molecule has 3 aromatic rings. The molecule has 0 unspecified atom stereocenters. The number of hydrogen-bond donors (Lipinski definition) is 2. The first-order valence-electron chi connectivity index (χ1n) is 8.79. The third-order valence-electron chi connectivity index (χ3n) is 4.48. The van der Waals surface area contributed by atoms with E-state index >= 15 is 0 Å². The average Bonchev–Trinajstić information content (AvgIpc) is 3.23. The number of carboxylic acid groups (broad SMARTS) is 1. The Labute approximate surface area is 177 Å². The standard InChI is InChI=1S/C19H19Cl2N5O3/c1-11-18(23-19(29)16-6-8-22-25(16)9-7-17(27)28)12(2)26(24-11)10-13-14(20)4-3-5-15(13)21/h3-6,8H,7,9-10H2,1-2H3,(H,23,29)(H,27,28). The van der Waals surface area contributed by atoms with Crippen LogP contribution in [-0.4, -0.2) is 36.5 Å². The van der Waals surface area contributed by atoms with Crippen molar-refractivity contribution in [3.05, 3.63) is 63.2 Å². The lowest BCUT2D eigenvalue weighted by molar-refractivity contribution is -0.137. The molecule has 1 aromatic carbocycles. The van der Waals surface area contributed by atoms with Crippen LogP contribution in [0, 0.1) is 13.8 Å². The maximum Gasteiger partial charge on any atom is 0.305 e. The lowest BCUT2D eigenvalue weighted by atomic mass is 10.2. The Kier molecular flexibility index (Phi) is 6.24. The van der Waals surface area contributed by atoms with Crippen LogP contribution in [0.25, 0.3) is 0 Å². The number of carboxylic acids is 1. The SMILES string of the molecule is Cc1nn(Cc2c(Cl)cccc2Cl)c(C)c1NC(=O)c1ccnn1CCC(=O)O. The number of nitrogens with zero attached hydrogens (tertiary/aromatic N) is 4. The fourth-order valence-corrected chi connectivity index (χ4v) is 3.46. The fraction of sp³-hybridized carbons (Fsp3) is 0.263. The predicted octanol–water partition coefficient (Wildman–Crippen LogP) is 3.78. The van der Waals surface area contributed by atoms with Crippen LogP contribution in [0.1, 0.15) is 33.9 Å². The van der Waals surface area contributed by atoms with Crippen LogP contribution in [0.3, 0.4) is 0 Å². The second-order valence-corrected chi connectivity index (χ2v) is 7.26. The number of nitrogens with one attached hydrogen (secondary N) is 1. The van der Waals surface area contributed by atoms with Crippen LogP contribution in [0.4, 0.5) is 5.69 Å². The number of anilines is 1. The number of carbonyl (C=O) groups is 2. The molecule has 0 aliphatic carbocycles. The molecule has 8 nitrogen and oxygen atoms in total. The highest BCUT2D eigenvalue weighted by Gasteiger charge is 2.19. The van der Waals surface area contributed by atoms with E-state index in [2.05, 4.69) is 15.5 Å². The van der Waals surface area contributed by atoms with Crippen LogP contribution in [-0.2, 0) is 17.9 Å². The number of amides is 1. The van der Waals surface area contributed by atoms with Crippen molar-refractivity contribution in [2.45, 2.75) is 33.4 Å². The molecule has 2 heterocycles. The van der Waals surface area contributed by atoms with Gasteiger partial charge in [0.1, 0.15) is 5.69 Å². The van der Waals surface area contributed by atoms with E-state index in [0.717, 1.165) is 11.3 Å². The molecule has 29 heavy (non-hydrogen) atoms. The van der Waals surface area contributed by atoms with Gasteiger partial charge in [0.15, 0.2) is 0 Å². The second-order valence-electron chi connectivity index (χ2n) is 6.44. The van der Waals surface area contributed by atoms with E-state index in [1.165, 1.54) is 16.9 Å². The number of hydrogen-bond acceptors (Lipinski definition) is 4. The smallest absolute Gasteiger partial charge is 0.305 e. The van der Waals surface area contributed by atoms with Crippen LogP contribution in [0.2, 0.25) is 10.0 Å². The normalized spacial score (nSPS) is 10.9. The van der Waals surface area contributed by atoms with E-state index in [4.69, 9.17) is 28.3 Å². The predicted molar refractivity (Wildman–Crippen MR) is 110 cm³/mol. The Bertz CT molecular complexity index is 1050. The minimum atomic E-state index is -0.960. The Morgan fingerprint density at radius 2 is 1.83 bits per heavy atom. The number of aryl methyl sites for hydroxylation is 2. The molecule has 0 aliphatic rings. The molecule has 0 spiro atoms. The molecule has 152 valence electrons. The molecule has 0 fully saturated rings. The quantitative estimate of drug-likeness (QED) is 0.587. The summed E-state index contributed by atoms with van der Waals surface area (Å²) in [5.41, 5.74) is 2.96. The molecular weight excluding hydrogens is 417 g/mol. The number of halogens is 2. The molecule has 3 rings (SSSR count). The summed E-state index contributed by atoms with van der Waals surface area (Å²) in [5.74, 6) is -1.35. The van der Waals surface area contributed by atoms with Crippen LogP contribution in [0.5, 0.6) is 0 Å². The molecule has 0 atom stereocenters. The first-order chi connectivity index (χ1) is 13.8. The summed E-state index contributed by atoms with van der Waals surface area (Å²) < 4.78 is 3.09. The highest BCUT2D eigenvalue weighted by atomic mass is 35.5. The van der Waals surface area contributed by atoms with Crippen molar-refractivity contribution >= 4 is 40.8 Å². The lowest BCUT2D eigenvalue weighted by Crippen LogP contribution is -2.19. The highest BCUT2D eigenvalue weighted by molar-refractivity contribution is 6.36. The number of aliphatic carboxylic acids is 1. The van der Waals surface area contributed by atoms with Gasteiger partial charge in [-0.1, -0.05) is 29.3 Å². The molecule has 0 bridgehead atoms. The number of aromatic nitrogens is 4. The van der Waals surface area contributed by atoms with Gasteiger partial charge < -0.3 is 10.4 Å². The zero-order chi connectivity index (χ0) is 21.1. The average molecular weight is 436 g/mol. The van der Waals surface area contributed by atoms with Gasteiger partial charge in [0.25, 0.3) is 5.91 Å². The molecule has 1 amide bonds. The van der Waals surface area contributed by atoms with Gasteiger partial charge in [0.05, 0.1) is 36.6 Å². The first kappa shape index (κ1) is 20.9. The van der Waals surface area contributed by atoms with Crippen molar-refractivity contribution in [1.82, 2.24) is 19.6 Å². The first-order valence-corrected chi connectivity index (χ1v) is 9.55. The summed E-state index contributed by atoms with van der Waals surface area (Å²) in [5, 5.41) is 21.3. The van der Waals surface area contributed by atoms with Crippen LogP contribution >= 0.6 is 23.2 Å². The maximum absolute atomic E-state index is 12.7. The molecule has 2 aromatic heterocycles. The van der Waals surface area contributed by atoms with Gasteiger partial charge in [0, 0.05) is 21.8 Å².